The zero-order valence-corrected chi connectivity index (χ0v) is 12.7. The second kappa shape index (κ2) is 6.17. The molecule has 0 aliphatic carbocycles. The molecule has 1 unspecified atom stereocenters. The first-order valence-electron chi connectivity index (χ1n) is 7.01. The summed E-state index contributed by atoms with van der Waals surface area (Å²) in [5, 5.41) is 0. The Morgan fingerprint density at radius 1 is 1.11 bits per heavy atom. The van der Waals surface area contributed by atoms with Crippen LogP contribution < -0.4 is 0 Å². The average Bonchev–Trinajstić information content (AvgIpc) is 2.33. The maximum atomic E-state index is 12.6. The largest absolute Gasteiger partial charge is 0.294 e. The summed E-state index contributed by atoms with van der Waals surface area (Å²) in [7, 11) is 0. The van der Waals surface area contributed by atoms with Crippen molar-refractivity contribution in [2.75, 3.05) is 0 Å². The third kappa shape index (κ3) is 3.01. The molecule has 1 rings (SSSR count). The molecule has 0 bridgehead atoms. The molecule has 0 aromatic heterocycles. The molecule has 0 saturated heterocycles. The highest BCUT2D eigenvalue weighted by Crippen LogP contribution is 2.25. The van der Waals surface area contributed by atoms with Gasteiger partial charge in [0.15, 0.2) is 5.78 Å². The van der Waals surface area contributed by atoms with Gasteiger partial charge in [-0.1, -0.05) is 32.8 Å². The molecular weight excluding hydrogens is 220 g/mol. The second-order valence-electron chi connectivity index (χ2n) is 5.54. The minimum atomic E-state index is 0.142. The maximum absolute atomic E-state index is 12.6. The Hall–Kier alpha value is -1.11. The monoisotopic (exact) mass is 246 g/mol. The Bertz CT molecular complexity index is 417. The van der Waals surface area contributed by atoms with E-state index >= 15 is 0 Å². The van der Waals surface area contributed by atoms with E-state index in [-0.39, 0.29) is 5.92 Å². The van der Waals surface area contributed by atoms with Gasteiger partial charge in [0.1, 0.15) is 0 Å². The Balaban J connectivity index is 3.12. The number of carbonyl (C=O) groups is 1. The van der Waals surface area contributed by atoms with Crippen LogP contribution in [-0.4, -0.2) is 5.78 Å². The summed E-state index contributed by atoms with van der Waals surface area (Å²) in [4.78, 5) is 12.6. The van der Waals surface area contributed by atoms with Crippen molar-refractivity contribution < 1.29 is 4.79 Å². The fraction of sp³-hybridized carbons (Fsp3) is 0.588. The third-order valence-electron chi connectivity index (χ3n) is 4.05. The number of hydrogen-bond acceptors (Lipinski definition) is 1. The highest BCUT2D eigenvalue weighted by molar-refractivity contribution is 6.00. The fourth-order valence-electron chi connectivity index (χ4n) is 2.47. The van der Waals surface area contributed by atoms with Crippen LogP contribution in [0.2, 0.25) is 0 Å². The minimum absolute atomic E-state index is 0.142. The summed E-state index contributed by atoms with van der Waals surface area (Å²) in [6, 6.07) is 2.18. The zero-order chi connectivity index (χ0) is 13.9. The molecule has 1 nitrogen and oxygen atoms in total. The van der Waals surface area contributed by atoms with E-state index in [4.69, 9.17) is 0 Å². The van der Waals surface area contributed by atoms with Gasteiger partial charge in [0.25, 0.3) is 0 Å². The van der Waals surface area contributed by atoms with E-state index in [1.54, 1.807) is 0 Å². The topological polar surface area (TPSA) is 17.1 Å². The number of rotatable bonds is 5. The molecule has 0 heterocycles. The highest BCUT2D eigenvalue weighted by Gasteiger charge is 2.20. The maximum Gasteiger partial charge on any atom is 0.166 e. The van der Waals surface area contributed by atoms with Crippen molar-refractivity contribution in [3.8, 4) is 0 Å². The molecule has 0 amide bonds. The van der Waals surface area contributed by atoms with E-state index in [2.05, 4.69) is 47.6 Å². The first-order valence-corrected chi connectivity index (χ1v) is 7.01. The third-order valence-corrected chi connectivity index (χ3v) is 4.05. The summed E-state index contributed by atoms with van der Waals surface area (Å²) in [6.07, 6.45) is 3.29. The molecule has 1 aromatic carbocycles. The van der Waals surface area contributed by atoms with Gasteiger partial charge in [0.05, 0.1) is 0 Å². The summed E-state index contributed by atoms with van der Waals surface area (Å²) >= 11 is 0. The number of hydrogen-bond donors (Lipinski definition) is 0. The Morgan fingerprint density at radius 3 is 2.06 bits per heavy atom. The van der Waals surface area contributed by atoms with Crippen molar-refractivity contribution in [3.63, 3.8) is 0 Å². The summed E-state index contributed by atoms with van der Waals surface area (Å²) in [5.41, 5.74) is 5.74. The minimum Gasteiger partial charge on any atom is -0.294 e. The van der Waals surface area contributed by atoms with Crippen LogP contribution in [0, 0.1) is 33.6 Å². The Kier molecular flexibility index (Phi) is 5.13. The lowest BCUT2D eigenvalue weighted by Gasteiger charge is -2.17. The first kappa shape index (κ1) is 14.9. The number of unbranched alkanes of at least 4 members (excludes halogenated alkanes) is 1. The van der Waals surface area contributed by atoms with E-state index in [0.717, 1.165) is 36.0 Å². The van der Waals surface area contributed by atoms with Crippen LogP contribution in [0.3, 0.4) is 0 Å². The molecule has 1 aromatic rings. The molecule has 1 heteroatoms. The zero-order valence-electron chi connectivity index (χ0n) is 12.7. The Labute approximate surface area is 112 Å². The standard InChI is InChI=1S/C17H26O/c1-7-8-9-11(2)17(18)16-14(5)12(3)10-13(4)15(16)6/h10-11H,7-9H2,1-6H3. The predicted octanol–water partition coefficient (Wildman–Crippen LogP) is 4.93. The number of benzene rings is 1. The van der Waals surface area contributed by atoms with Crippen LogP contribution in [0.5, 0.6) is 0 Å². The quantitative estimate of drug-likeness (QED) is 0.673. The van der Waals surface area contributed by atoms with Crippen molar-refractivity contribution in [2.24, 2.45) is 5.92 Å². The molecule has 0 saturated carbocycles. The molecule has 0 fully saturated rings. The van der Waals surface area contributed by atoms with Gasteiger partial charge < -0.3 is 0 Å². The van der Waals surface area contributed by atoms with Crippen molar-refractivity contribution in [1.29, 1.82) is 0 Å². The van der Waals surface area contributed by atoms with Gasteiger partial charge in [-0.2, -0.15) is 0 Å². The molecule has 0 radical (unpaired) electrons. The molecular formula is C17H26O. The lowest BCUT2D eigenvalue weighted by Crippen LogP contribution is -2.15. The highest BCUT2D eigenvalue weighted by atomic mass is 16.1. The molecule has 0 aliphatic rings. The van der Waals surface area contributed by atoms with Crippen LogP contribution >= 0.6 is 0 Å². The number of carbonyl (C=O) groups excluding carboxylic acids is 1. The molecule has 0 N–H and O–H groups in total. The van der Waals surface area contributed by atoms with Crippen molar-refractivity contribution >= 4 is 5.78 Å². The second-order valence-corrected chi connectivity index (χ2v) is 5.54. The lowest BCUT2D eigenvalue weighted by molar-refractivity contribution is 0.0921. The van der Waals surface area contributed by atoms with Gasteiger partial charge in [-0.05, 0) is 56.4 Å². The van der Waals surface area contributed by atoms with Crippen LogP contribution in [0.1, 0.15) is 65.7 Å². The smallest absolute Gasteiger partial charge is 0.166 e. The van der Waals surface area contributed by atoms with Crippen molar-refractivity contribution in [3.05, 3.63) is 33.9 Å². The normalized spacial score (nSPS) is 12.6. The number of Topliss-reactive ketones (excluding diaryl/α,β-unsaturated/α-hetero) is 1. The number of aryl methyl sites for hydroxylation is 2. The summed E-state index contributed by atoms with van der Waals surface area (Å²) in [5.74, 6) is 0.466. The molecule has 100 valence electrons. The van der Waals surface area contributed by atoms with Gasteiger partial charge >= 0.3 is 0 Å². The van der Waals surface area contributed by atoms with Gasteiger partial charge in [-0.25, -0.2) is 0 Å². The average molecular weight is 246 g/mol. The van der Waals surface area contributed by atoms with Gasteiger partial charge in [-0.15, -0.1) is 0 Å². The van der Waals surface area contributed by atoms with Gasteiger partial charge in [0, 0.05) is 11.5 Å². The van der Waals surface area contributed by atoms with Crippen LogP contribution in [0.25, 0.3) is 0 Å². The van der Waals surface area contributed by atoms with Crippen LogP contribution in [-0.2, 0) is 0 Å². The molecule has 1 atom stereocenters. The predicted molar refractivity (Wildman–Crippen MR) is 78.4 cm³/mol. The van der Waals surface area contributed by atoms with Gasteiger partial charge in [-0.3, -0.25) is 4.79 Å². The van der Waals surface area contributed by atoms with E-state index in [1.165, 1.54) is 11.1 Å². The first-order chi connectivity index (χ1) is 8.40. The van der Waals surface area contributed by atoms with Crippen molar-refractivity contribution in [1.82, 2.24) is 0 Å². The summed E-state index contributed by atoms with van der Waals surface area (Å²) < 4.78 is 0. The van der Waals surface area contributed by atoms with E-state index in [0.29, 0.717) is 5.78 Å². The van der Waals surface area contributed by atoms with Crippen molar-refractivity contribution in [2.45, 2.75) is 60.8 Å². The Morgan fingerprint density at radius 2 is 1.61 bits per heavy atom. The number of ketones is 1. The van der Waals surface area contributed by atoms with Crippen LogP contribution in [0.4, 0.5) is 0 Å². The molecule has 0 spiro atoms. The van der Waals surface area contributed by atoms with Gasteiger partial charge in [0.2, 0.25) is 0 Å². The fourth-order valence-corrected chi connectivity index (χ4v) is 2.47. The van der Waals surface area contributed by atoms with E-state index < -0.39 is 0 Å². The summed E-state index contributed by atoms with van der Waals surface area (Å²) in [6.45, 7) is 12.6. The van der Waals surface area contributed by atoms with Crippen LogP contribution in [0.15, 0.2) is 6.07 Å². The SMILES string of the molecule is CCCCC(C)C(=O)c1c(C)c(C)cc(C)c1C. The van der Waals surface area contributed by atoms with E-state index in [1.807, 2.05) is 0 Å². The molecule has 18 heavy (non-hydrogen) atoms. The lowest BCUT2D eigenvalue weighted by atomic mass is 9.86. The van der Waals surface area contributed by atoms with E-state index in [9.17, 15) is 4.79 Å². The molecule has 0 aliphatic heterocycles.